The van der Waals surface area contributed by atoms with Gasteiger partial charge < -0.3 is 4.90 Å². The van der Waals surface area contributed by atoms with Crippen LogP contribution >= 0.6 is 27.3 Å². The first-order valence-corrected chi connectivity index (χ1v) is 12.7. The SMILES string of the molecule is Cc1ccc(CN2C(=O)C(=c3sc4nc(-c5ccc(C)cc5)nn4c3=O)c3cc(Br)ccc32)cc1. The summed E-state index contributed by atoms with van der Waals surface area (Å²) in [7, 11) is 0. The first-order chi connectivity index (χ1) is 16.9. The molecule has 1 amide bonds. The number of hydrogen-bond acceptors (Lipinski definition) is 5. The number of carbonyl (C=O) groups excluding carboxylic acids is 1. The first-order valence-electron chi connectivity index (χ1n) is 11.1. The molecule has 2 aromatic heterocycles. The normalized spacial score (nSPS) is 14.7. The van der Waals surface area contributed by atoms with Crippen molar-refractivity contribution in [2.75, 3.05) is 4.90 Å². The predicted octanol–water partition coefficient (Wildman–Crippen LogP) is 4.66. The van der Waals surface area contributed by atoms with Gasteiger partial charge in [0, 0.05) is 15.6 Å². The third kappa shape index (κ3) is 3.69. The fourth-order valence-corrected chi connectivity index (χ4v) is 5.63. The molecule has 0 fully saturated rings. The van der Waals surface area contributed by atoms with Crippen LogP contribution in [0.1, 0.15) is 22.3 Å². The molecule has 3 aromatic carbocycles. The Bertz CT molecular complexity index is 1740. The fraction of sp³-hybridized carbons (Fsp3) is 0.111. The van der Waals surface area contributed by atoms with E-state index in [4.69, 9.17) is 0 Å². The van der Waals surface area contributed by atoms with Crippen LogP contribution in [0.5, 0.6) is 0 Å². The van der Waals surface area contributed by atoms with Crippen molar-refractivity contribution in [2.45, 2.75) is 20.4 Å². The van der Waals surface area contributed by atoms with Gasteiger partial charge in [0.05, 0.1) is 17.8 Å². The summed E-state index contributed by atoms with van der Waals surface area (Å²) in [6.45, 7) is 4.47. The summed E-state index contributed by atoms with van der Waals surface area (Å²) in [6.07, 6.45) is 0. The van der Waals surface area contributed by atoms with Crippen LogP contribution in [-0.4, -0.2) is 20.5 Å². The number of rotatable bonds is 3. The average molecular weight is 543 g/mol. The molecule has 0 N–H and O–H groups in total. The minimum absolute atomic E-state index is 0.195. The minimum atomic E-state index is -0.331. The molecule has 0 saturated carbocycles. The summed E-state index contributed by atoms with van der Waals surface area (Å²) in [5, 5.41) is 4.45. The van der Waals surface area contributed by atoms with Crippen LogP contribution in [-0.2, 0) is 11.3 Å². The standard InChI is InChI=1S/C27H19BrN4O2S/c1-15-3-7-17(8-4-15)14-31-21-12-11-19(28)13-20(21)22(25(31)33)23-26(34)32-27(35-23)29-24(30-32)18-9-5-16(2)6-10-18/h3-13H,14H2,1-2H3. The van der Waals surface area contributed by atoms with E-state index < -0.39 is 0 Å². The maximum atomic E-state index is 13.7. The molecule has 6 nitrogen and oxygen atoms in total. The lowest BCUT2D eigenvalue weighted by Gasteiger charge is -2.17. The highest BCUT2D eigenvalue weighted by atomic mass is 79.9. The summed E-state index contributed by atoms with van der Waals surface area (Å²) >= 11 is 4.72. The number of anilines is 1. The molecule has 172 valence electrons. The summed E-state index contributed by atoms with van der Waals surface area (Å²) < 4.78 is 2.49. The molecule has 1 aliphatic heterocycles. The number of amides is 1. The number of nitrogens with zero attached hydrogens (tertiary/aromatic N) is 4. The topological polar surface area (TPSA) is 67.6 Å². The van der Waals surface area contributed by atoms with Crippen molar-refractivity contribution in [3.63, 3.8) is 0 Å². The van der Waals surface area contributed by atoms with Gasteiger partial charge in [0.1, 0.15) is 4.53 Å². The Morgan fingerprint density at radius 1 is 0.914 bits per heavy atom. The van der Waals surface area contributed by atoms with E-state index in [1.807, 2.05) is 80.6 Å². The molecule has 35 heavy (non-hydrogen) atoms. The summed E-state index contributed by atoms with van der Waals surface area (Å²) in [5.41, 5.74) is 5.74. The third-order valence-corrected chi connectivity index (χ3v) is 7.66. The van der Waals surface area contributed by atoms with Gasteiger partial charge >= 0.3 is 0 Å². The summed E-state index contributed by atoms with van der Waals surface area (Å²) in [5.74, 6) is 0.297. The third-order valence-electron chi connectivity index (χ3n) is 6.13. The van der Waals surface area contributed by atoms with Gasteiger partial charge in [-0.1, -0.05) is 86.9 Å². The number of halogens is 1. The number of aromatic nitrogens is 3. The zero-order chi connectivity index (χ0) is 24.3. The van der Waals surface area contributed by atoms with E-state index in [0.29, 0.717) is 27.4 Å². The molecule has 6 rings (SSSR count). The molecule has 0 atom stereocenters. The Morgan fingerprint density at radius 3 is 2.29 bits per heavy atom. The van der Waals surface area contributed by atoms with Crippen molar-refractivity contribution in [1.82, 2.24) is 14.6 Å². The van der Waals surface area contributed by atoms with E-state index in [2.05, 4.69) is 26.0 Å². The quantitative estimate of drug-likeness (QED) is 0.332. The van der Waals surface area contributed by atoms with Gasteiger partial charge in [-0.05, 0) is 37.6 Å². The molecule has 0 radical (unpaired) electrons. The van der Waals surface area contributed by atoms with Gasteiger partial charge in [-0.25, -0.2) is 0 Å². The van der Waals surface area contributed by atoms with E-state index in [1.54, 1.807) is 4.90 Å². The molecule has 5 aromatic rings. The van der Waals surface area contributed by atoms with Gasteiger partial charge in [-0.3, -0.25) is 9.59 Å². The highest BCUT2D eigenvalue weighted by Crippen LogP contribution is 2.38. The Labute approximate surface area is 213 Å². The van der Waals surface area contributed by atoms with Gasteiger partial charge in [0.25, 0.3) is 11.5 Å². The van der Waals surface area contributed by atoms with Gasteiger partial charge in [0.15, 0.2) is 5.82 Å². The largest absolute Gasteiger partial charge is 0.303 e. The lowest BCUT2D eigenvalue weighted by Crippen LogP contribution is -2.32. The van der Waals surface area contributed by atoms with Crippen LogP contribution in [0.3, 0.4) is 0 Å². The van der Waals surface area contributed by atoms with Crippen molar-refractivity contribution in [2.24, 2.45) is 0 Å². The minimum Gasteiger partial charge on any atom is -0.303 e. The Hall–Kier alpha value is -3.62. The van der Waals surface area contributed by atoms with Crippen LogP contribution < -0.4 is 15.0 Å². The van der Waals surface area contributed by atoms with Crippen LogP contribution in [0.15, 0.2) is 76.0 Å². The van der Waals surface area contributed by atoms with Gasteiger partial charge in [-0.2, -0.15) is 9.50 Å². The Kier molecular flexibility index (Phi) is 5.16. The van der Waals surface area contributed by atoms with Crippen molar-refractivity contribution in [3.05, 3.63) is 108 Å². The molecule has 1 aliphatic rings. The van der Waals surface area contributed by atoms with E-state index in [9.17, 15) is 9.59 Å². The maximum Gasteiger partial charge on any atom is 0.291 e. The zero-order valence-corrected chi connectivity index (χ0v) is 21.4. The lowest BCUT2D eigenvalue weighted by atomic mass is 10.1. The molecular weight excluding hydrogens is 524 g/mol. The number of fused-ring (bicyclic) bond motifs is 2. The Balaban J connectivity index is 1.50. The second-order valence-electron chi connectivity index (χ2n) is 8.65. The molecule has 0 bridgehead atoms. The number of benzene rings is 3. The number of hydrogen-bond donors (Lipinski definition) is 0. The van der Waals surface area contributed by atoms with E-state index in [1.165, 1.54) is 15.9 Å². The fourth-order valence-electron chi connectivity index (χ4n) is 4.27. The molecule has 8 heteroatoms. The molecular formula is C27H19BrN4O2S. The number of thiazole rings is 1. The van der Waals surface area contributed by atoms with Crippen LogP contribution in [0, 0.1) is 13.8 Å². The van der Waals surface area contributed by atoms with Crippen molar-refractivity contribution >= 4 is 49.4 Å². The van der Waals surface area contributed by atoms with E-state index in [0.717, 1.165) is 38.0 Å². The number of aryl methyl sites for hydroxylation is 2. The molecule has 0 aliphatic carbocycles. The van der Waals surface area contributed by atoms with Gasteiger partial charge in [0.2, 0.25) is 4.96 Å². The second kappa shape index (κ2) is 8.25. The van der Waals surface area contributed by atoms with Crippen molar-refractivity contribution < 1.29 is 4.79 Å². The molecule has 0 saturated heterocycles. The average Bonchev–Trinajstić information content (AvgIpc) is 3.47. The lowest BCUT2D eigenvalue weighted by molar-refractivity contribution is -0.113. The van der Waals surface area contributed by atoms with Crippen LogP contribution in [0.4, 0.5) is 5.69 Å². The highest BCUT2D eigenvalue weighted by molar-refractivity contribution is 9.10. The Morgan fingerprint density at radius 2 is 1.60 bits per heavy atom. The highest BCUT2D eigenvalue weighted by Gasteiger charge is 2.34. The van der Waals surface area contributed by atoms with Crippen molar-refractivity contribution in [3.8, 4) is 11.4 Å². The van der Waals surface area contributed by atoms with Crippen LogP contribution in [0.2, 0.25) is 0 Å². The second-order valence-corrected chi connectivity index (χ2v) is 10.5. The molecule has 0 spiro atoms. The first kappa shape index (κ1) is 21.9. The summed E-state index contributed by atoms with van der Waals surface area (Å²) in [4.78, 5) is 33.9. The zero-order valence-electron chi connectivity index (χ0n) is 18.9. The summed E-state index contributed by atoms with van der Waals surface area (Å²) in [6, 6.07) is 21.7. The van der Waals surface area contributed by atoms with Gasteiger partial charge in [-0.15, -0.1) is 5.10 Å². The monoisotopic (exact) mass is 542 g/mol. The molecule has 3 heterocycles. The van der Waals surface area contributed by atoms with Crippen LogP contribution in [0.25, 0.3) is 21.9 Å². The van der Waals surface area contributed by atoms with Crippen molar-refractivity contribution in [1.29, 1.82) is 0 Å². The maximum absolute atomic E-state index is 13.7. The van der Waals surface area contributed by atoms with E-state index >= 15 is 0 Å². The van der Waals surface area contributed by atoms with E-state index in [-0.39, 0.29) is 11.5 Å². The number of carbonyl (C=O) groups is 1. The smallest absolute Gasteiger partial charge is 0.291 e. The predicted molar refractivity (Wildman–Crippen MR) is 142 cm³/mol. The molecule has 0 unspecified atom stereocenters.